The van der Waals surface area contributed by atoms with Crippen molar-refractivity contribution in [2.24, 2.45) is 7.05 Å². The summed E-state index contributed by atoms with van der Waals surface area (Å²) in [4.78, 5) is 3.79. The van der Waals surface area contributed by atoms with Gasteiger partial charge in [-0.25, -0.2) is 13.4 Å². The Hall–Kier alpha value is -0.920. The van der Waals surface area contributed by atoms with Gasteiger partial charge >= 0.3 is 0 Å². The van der Waals surface area contributed by atoms with E-state index in [9.17, 15) is 13.5 Å². The number of aryl methyl sites for hydroxylation is 1. The molecule has 0 aliphatic rings. The number of imidazole rings is 1. The molecule has 0 atom stereocenters. The Labute approximate surface area is 95.6 Å². The van der Waals surface area contributed by atoms with Crippen LogP contribution in [0.5, 0.6) is 0 Å². The summed E-state index contributed by atoms with van der Waals surface area (Å²) in [5.41, 5.74) is -1.07. The Bertz CT molecular complexity index is 459. The van der Waals surface area contributed by atoms with Crippen molar-refractivity contribution in [3.63, 3.8) is 0 Å². The lowest BCUT2D eigenvalue weighted by Crippen LogP contribution is -2.39. The summed E-state index contributed by atoms with van der Waals surface area (Å²) in [5, 5.41) is 9.56. The number of aliphatic hydroxyl groups is 1. The third-order valence-corrected chi connectivity index (χ3v) is 3.65. The molecule has 0 aliphatic carbocycles. The SMILES string of the molecule is CN(CC(C)(C)O)S(=O)(=O)c1cn(C)cn1. The van der Waals surface area contributed by atoms with Gasteiger partial charge in [0.1, 0.15) is 0 Å². The molecule has 1 N–H and O–H groups in total. The number of hydrogen-bond acceptors (Lipinski definition) is 4. The number of nitrogens with zero attached hydrogens (tertiary/aromatic N) is 3. The lowest BCUT2D eigenvalue weighted by molar-refractivity contribution is 0.0639. The molecular formula is C9H17N3O3S. The average molecular weight is 247 g/mol. The average Bonchev–Trinajstić information content (AvgIpc) is 2.48. The number of aromatic nitrogens is 2. The zero-order valence-electron chi connectivity index (χ0n) is 9.88. The van der Waals surface area contributed by atoms with Crippen LogP contribution in [0, 0.1) is 0 Å². The largest absolute Gasteiger partial charge is 0.389 e. The van der Waals surface area contributed by atoms with Crippen LogP contribution in [-0.4, -0.2) is 46.6 Å². The fraction of sp³-hybridized carbons (Fsp3) is 0.667. The maximum atomic E-state index is 12.0. The molecule has 92 valence electrons. The third kappa shape index (κ3) is 3.03. The van der Waals surface area contributed by atoms with Crippen LogP contribution in [0.1, 0.15) is 13.8 Å². The maximum Gasteiger partial charge on any atom is 0.261 e. The fourth-order valence-corrected chi connectivity index (χ4v) is 2.60. The van der Waals surface area contributed by atoms with Gasteiger partial charge in [-0.05, 0) is 13.8 Å². The van der Waals surface area contributed by atoms with Gasteiger partial charge in [0.2, 0.25) is 0 Å². The van der Waals surface area contributed by atoms with Crippen LogP contribution in [-0.2, 0) is 17.1 Å². The minimum absolute atomic E-state index is 0.0123. The molecule has 0 spiro atoms. The van der Waals surface area contributed by atoms with Crippen LogP contribution >= 0.6 is 0 Å². The van der Waals surface area contributed by atoms with Crippen molar-refractivity contribution in [1.82, 2.24) is 13.9 Å². The van der Waals surface area contributed by atoms with Gasteiger partial charge in [0.15, 0.2) is 5.03 Å². The van der Waals surface area contributed by atoms with Crippen LogP contribution in [0.2, 0.25) is 0 Å². The highest BCUT2D eigenvalue weighted by atomic mass is 32.2. The minimum atomic E-state index is -3.61. The van der Waals surface area contributed by atoms with Crippen LogP contribution in [0.4, 0.5) is 0 Å². The first-order valence-corrected chi connectivity index (χ1v) is 6.23. The highest BCUT2D eigenvalue weighted by molar-refractivity contribution is 7.89. The zero-order chi connectivity index (χ0) is 12.6. The lowest BCUT2D eigenvalue weighted by atomic mass is 10.1. The number of rotatable bonds is 4. The van der Waals surface area contributed by atoms with E-state index in [0.29, 0.717) is 0 Å². The van der Waals surface area contributed by atoms with E-state index in [1.165, 1.54) is 19.6 Å². The summed E-state index contributed by atoms with van der Waals surface area (Å²) in [5.74, 6) is 0. The van der Waals surface area contributed by atoms with Crippen molar-refractivity contribution >= 4 is 10.0 Å². The van der Waals surface area contributed by atoms with Crippen LogP contribution in [0.15, 0.2) is 17.6 Å². The molecular weight excluding hydrogens is 230 g/mol. The van der Waals surface area contributed by atoms with Crippen molar-refractivity contribution in [3.8, 4) is 0 Å². The predicted octanol–water partition coefficient (Wildman–Crippen LogP) is -0.189. The van der Waals surface area contributed by atoms with Gasteiger partial charge in [-0.3, -0.25) is 0 Å². The second kappa shape index (κ2) is 4.15. The number of sulfonamides is 1. The zero-order valence-corrected chi connectivity index (χ0v) is 10.7. The second-order valence-corrected chi connectivity index (χ2v) is 6.44. The summed E-state index contributed by atoms with van der Waals surface area (Å²) in [6.45, 7) is 3.13. The molecule has 6 nitrogen and oxygen atoms in total. The summed E-state index contributed by atoms with van der Waals surface area (Å²) in [6.07, 6.45) is 2.85. The van der Waals surface area contributed by atoms with E-state index in [4.69, 9.17) is 0 Å². The third-order valence-electron chi connectivity index (χ3n) is 1.97. The van der Waals surface area contributed by atoms with Crippen molar-refractivity contribution in [1.29, 1.82) is 0 Å². The van der Waals surface area contributed by atoms with Gasteiger partial charge in [0.05, 0.1) is 11.9 Å². The second-order valence-electron chi connectivity index (χ2n) is 4.45. The van der Waals surface area contributed by atoms with E-state index in [2.05, 4.69) is 4.98 Å². The Kier molecular flexibility index (Phi) is 3.41. The van der Waals surface area contributed by atoms with Crippen molar-refractivity contribution < 1.29 is 13.5 Å². The van der Waals surface area contributed by atoms with Gasteiger partial charge in [0, 0.05) is 26.8 Å². The maximum absolute atomic E-state index is 12.0. The summed E-state index contributed by atoms with van der Waals surface area (Å²) >= 11 is 0. The van der Waals surface area contributed by atoms with E-state index in [-0.39, 0.29) is 11.6 Å². The topological polar surface area (TPSA) is 75.4 Å². The molecule has 7 heteroatoms. The first-order chi connectivity index (χ1) is 7.13. The summed E-state index contributed by atoms with van der Waals surface area (Å²) < 4.78 is 26.6. The van der Waals surface area contributed by atoms with E-state index >= 15 is 0 Å². The quantitative estimate of drug-likeness (QED) is 0.800. The van der Waals surface area contributed by atoms with Crippen molar-refractivity contribution in [2.75, 3.05) is 13.6 Å². The molecule has 0 fully saturated rings. The van der Waals surface area contributed by atoms with Crippen molar-refractivity contribution in [2.45, 2.75) is 24.5 Å². The van der Waals surface area contributed by atoms with E-state index in [0.717, 1.165) is 4.31 Å². The number of likely N-dealkylation sites (N-methyl/N-ethyl adjacent to an activating group) is 1. The molecule has 0 amide bonds. The highest BCUT2D eigenvalue weighted by Gasteiger charge is 2.27. The molecule has 1 aromatic rings. The standard InChI is InChI=1S/C9H17N3O3S/c1-9(2,13)6-12(4)16(14,15)8-5-11(3)7-10-8/h5,7,13H,6H2,1-4H3. The minimum Gasteiger partial charge on any atom is -0.389 e. The number of hydrogen-bond donors (Lipinski definition) is 1. The van der Waals surface area contributed by atoms with E-state index < -0.39 is 15.6 Å². The normalized spacial score (nSPS) is 13.4. The first kappa shape index (κ1) is 13.1. The fourth-order valence-electron chi connectivity index (χ4n) is 1.31. The van der Waals surface area contributed by atoms with Gasteiger partial charge < -0.3 is 9.67 Å². The molecule has 0 saturated heterocycles. The molecule has 16 heavy (non-hydrogen) atoms. The Balaban J connectivity index is 2.95. The summed E-state index contributed by atoms with van der Waals surface area (Å²) in [7, 11) is -0.495. The molecule has 0 aliphatic heterocycles. The monoisotopic (exact) mass is 247 g/mol. The lowest BCUT2D eigenvalue weighted by Gasteiger charge is -2.24. The molecule has 0 bridgehead atoms. The van der Waals surface area contributed by atoms with Gasteiger partial charge in [-0.15, -0.1) is 0 Å². The Morgan fingerprint density at radius 3 is 2.50 bits per heavy atom. The Morgan fingerprint density at radius 1 is 1.56 bits per heavy atom. The smallest absolute Gasteiger partial charge is 0.261 e. The summed E-state index contributed by atoms with van der Waals surface area (Å²) in [6, 6.07) is 0. The van der Waals surface area contributed by atoms with E-state index in [1.54, 1.807) is 25.5 Å². The van der Waals surface area contributed by atoms with Crippen molar-refractivity contribution in [3.05, 3.63) is 12.5 Å². The molecule has 1 heterocycles. The van der Waals surface area contributed by atoms with Crippen LogP contribution in [0.25, 0.3) is 0 Å². The van der Waals surface area contributed by atoms with Gasteiger partial charge in [0.25, 0.3) is 10.0 Å². The molecule has 0 saturated carbocycles. The molecule has 1 rings (SSSR count). The van der Waals surface area contributed by atoms with E-state index in [1.807, 2.05) is 0 Å². The van der Waals surface area contributed by atoms with Crippen LogP contribution < -0.4 is 0 Å². The molecule has 0 aromatic carbocycles. The van der Waals surface area contributed by atoms with Gasteiger partial charge in [-0.2, -0.15) is 4.31 Å². The molecule has 1 aromatic heterocycles. The molecule has 0 unspecified atom stereocenters. The van der Waals surface area contributed by atoms with Crippen LogP contribution in [0.3, 0.4) is 0 Å². The highest BCUT2D eigenvalue weighted by Crippen LogP contribution is 2.14. The van der Waals surface area contributed by atoms with Gasteiger partial charge in [-0.1, -0.05) is 0 Å². The predicted molar refractivity (Wildman–Crippen MR) is 59.3 cm³/mol. The Morgan fingerprint density at radius 2 is 2.12 bits per heavy atom. The molecule has 0 radical (unpaired) electrons. The first-order valence-electron chi connectivity index (χ1n) is 4.79.